The molecule has 0 atom stereocenters. The first kappa shape index (κ1) is 17.2. The van der Waals surface area contributed by atoms with E-state index in [9.17, 15) is 9.59 Å². The normalized spacial score (nSPS) is 11.1. The van der Waals surface area contributed by atoms with Gasteiger partial charge in [-0.05, 0) is 36.5 Å². The molecule has 0 N–H and O–H groups in total. The van der Waals surface area contributed by atoms with Crippen molar-refractivity contribution in [1.29, 1.82) is 0 Å². The van der Waals surface area contributed by atoms with Crippen molar-refractivity contribution in [2.24, 2.45) is 0 Å². The van der Waals surface area contributed by atoms with Gasteiger partial charge in [0.05, 0.1) is 18.8 Å². The van der Waals surface area contributed by atoms with Crippen LogP contribution in [0.3, 0.4) is 0 Å². The van der Waals surface area contributed by atoms with Crippen LogP contribution >= 0.6 is 0 Å². The number of rotatable bonds is 6. The number of Topliss-reactive ketones (excluding diaryl/α,β-unsaturated/α-hetero) is 1. The molecule has 21 heavy (non-hydrogen) atoms. The van der Waals surface area contributed by atoms with Crippen LogP contribution in [-0.2, 0) is 14.9 Å². The summed E-state index contributed by atoms with van der Waals surface area (Å²) in [7, 11) is 0. The predicted octanol–water partition coefficient (Wildman–Crippen LogP) is 3.52. The van der Waals surface area contributed by atoms with Crippen LogP contribution in [0.2, 0.25) is 0 Å². The lowest BCUT2D eigenvalue weighted by Gasteiger charge is -2.21. The van der Waals surface area contributed by atoms with Crippen molar-refractivity contribution in [1.82, 2.24) is 0 Å². The summed E-state index contributed by atoms with van der Waals surface area (Å²) in [5, 5.41) is 0. The lowest BCUT2D eigenvalue weighted by molar-refractivity contribution is -0.137. The molecular weight excluding hydrogens is 268 g/mol. The highest BCUT2D eigenvalue weighted by molar-refractivity contribution is 6.41. The van der Waals surface area contributed by atoms with E-state index in [0.29, 0.717) is 12.4 Å². The summed E-state index contributed by atoms with van der Waals surface area (Å²) < 4.78 is 10.4. The van der Waals surface area contributed by atoms with E-state index in [1.54, 1.807) is 19.1 Å². The predicted molar refractivity (Wildman–Crippen MR) is 81.9 cm³/mol. The van der Waals surface area contributed by atoms with E-state index in [1.165, 1.54) is 0 Å². The Morgan fingerprint density at radius 3 is 2.33 bits per heavy atom. The van der Waals surface area contributed by atoms with Crippen molar-refractivity contribution in [2.75, 3.05) is 13.2 Å². The molecule has 0 aliphatic heterocycles. The Hall–Kier alpha value is -1.84. The number of carbonyl (C=O) groups is 2. The second-order valence-corrected chi connectivity index (χ2v) is 5.86. The molecule has 0 bridgehead atoms. The zero-order chi connectivity index (χ0) is 16.0. The van der Waals surface area contributed by atoms with Crippen LogP contribution in [0.4, 0.5) is 0 Å². The smallest absolute Gasteiger partial charge is 0.379 e. The fourth-order valence-electron chi connectivity index (χ4n) is 1.82. The summed E-state index contributed by atoms with van der Waals surface area (Å²) in [5.74, 6) is -1.07. The van der Waals surface area contributed by atoms with Gasteiger partial charge in [-0.15, -0.1) is 0 Å². The fourth-order valence-corrected chi connectivity index (χ4v) is 1.82. The van der Waals surface area contributed by atoms with Crippen molar-refractivity contribution in [3.05, 3.63) is 29.3 Å². The Morgan fingerprint density at radius 2 is 1.81 bits per heavy atom. The molecule has 0 radical (unpaired) electrons. The van der Waals surface area contributed by atoms with Gasteiger partial charge in [-0.25, -0.2) is 4.79 Å². The minimum atomic E-state index is -0.843. The van der Waals surface area contributed by atoms with E-state index < -0.39 is 11.8 Å². The van der Waals surface area contributed by atoms with E-state index in [-0.39, 0.29) is 17.6 Å². The first-order chi connectivity index (χ1) is 9.81. The first-order valence-corrected chi connectivity index (χ1v) is 7.30. The van der Waals surface area contributed by atoms with Gasteiger partial charge in [0.25, 0.3) is 5.78 Å². The van der Waals surface area contributed by atoms with Gasteiger partial charge in [-0.3, -0.25) is 4.79 Å². The molecule has 0 saturated heterocycles. The van der Waals surface area contributed by atoms with Gasteiger partial charge in [-0.2, -0.15) is 0 Å². The summed E-state index contributed by atoms with van der Waals surface area (Å²) in [6, 6.07) is 5.40. The third-order valence-corrected chi connectivity index (χ3v) is 3.01. The maximum absolute atomic E-state index is 12.2. The monoisotopic (exact) mass is 292 g/mol. The van der Waals surface area contributed by atoms with E-state index in [0.717, 1.165) is 12.0 Å². The molecule has 0 spiro atoms. The van der Waals surface area contributed by atoms with Crippen LogP contribution in [-0.4, -0.2) is 25.0 Å². The van der Waals surface area contributed by atoms with Crippen molar-refractivity contribution in [3.8, 4) is 5.75 Å². The SMILES string of the molecule is CCCOc1ccc(C(C)(C)C)cc1C(=O)C(=O)OCC. The Labute approximate surface area is 126 Å². The molecule has 1 aromatic rings. The van der Waals surface area contributed by atoms with Crippen molar-refractivity contribution in [3.63, 3.8) is 0 Å². The lowest BCUT2D eigenvalue weighted by Crippen LogP contribution is -2.20. The van der Waals surface area contributed by atoms with Crippen LogP contribution < -0.4 is 4.74 Å². The van der Waals surface area contributed by atoms with Crippen LogP contribution in [0.15, 0.2) is 18.2 Å². The molecule has 4 nitrogen and oxygen atoms in total. The van der Waals surface area contributed by atoms with Crippen LogP contribution in [0.25, 0.3) is 0 Å². The standard InChI is InChI=1S/C17H24O4/c1-6-10-21-14-9-8-12(17(3,4)5)11-13(14)15(18)16(19)20-7-2/h8-9,11H,6-7,10H2,1-5H3. The van der Waals surface area contributed by atoms with Gasteiger partial charge in [0.2, 0.25) is 0 Å². The highest BCUT2D eigenvalue weighted by Crippen LogP contribution is 2.28. The Balaban J connectivity index is 3.22. The van der Waals surface area contributed by atoms with E-state index in [1.807, 2.05) is 33.8 Å². The minimum Gasteiger partial charge on any atom is -0.493 e. The molecule has 0 saturated carbocycles. The molecule has 1 rings (SSSR count). The molecule has 0 aliphatic rings. The number of ether oxygens (including phenoxy) is 2. The van der Waals surface area contributed by atoms with Crippen molar-refractivity contribution in [2.45, 2.75) is 46.5 Å². The lowest BCUT2D eigenvalue weighted by atomic mass is 9.85. The highest BCUT2D eigenvalue weighted by atomic mass is 16.5. The summed E-state index contributed by atoms with van der Waals surface area (Å²) in [5.41, 5.74) is 1.13. The van der Waals surface area contributed by atoms with Crippen molar-refractivity contribution < 1.29 is 19.1 Å². The zero-order valence-corrected chi connectivity index (χ0v) is 13.5. The zero-order valence-electron chi connectivity index (χ0n) is 13.5. The number of hydrogen-bond donors (Lipinski definition) is 0. The quantitative estimate of drug-likeness (QED) is 0.457. The van der Waals surface area contributed by atoms with Crippen LogP contribution in [0.5, 0.6) is 5.75 Å². The summed E-state index contributed by atoms with van der Waals surface area (Å²) in [6.07, 6.45) is 0.827. The Bertz CT molecular complexity index is 512. The number of carbonyl (C=O) groups excluding carboxylic acids is 2. The average molecular weight is 292 g/mol. The molecule has 0 fully saturated rings. The molecule has 0 heterocycles. The molecule has 4 heteroatoms. The molecule has 0 unspecified atom stereocenters. The maximum atomic E-state index is 12.2. The third-order valence-electron chi connectivity index (χ3n) is 3.01. The Kier molecular flexibility index (Phi) is 5.94. The second-order valence-electron chi connectivity index (χ2n) is 5.86. The first-order valence-electron chi connectivity index (χ1n) is 7.30. The van der Waals surface area contributed by atoms with Gasteiger partial charge in [0.15, 0.2) is 0 Å². The van der Waals surface area contributed by atoms with E-state index >= 15 is 0 Å². The average Bonchev–Trinajstić information content (AvgIpc) is 2.43. The fraction of sp³-hybridized carbons (Fsp3) is 0.529. The number of hydrogen-bond acceptors (Lipinski definition) is 4. The molecule has 0 aromatic heterocycles. The minimum absolute atomic E-state index is 0.118. The summed E-state index contributed by atoms with van der Waals surface area (Å²) in [6.45, 7) is 10.5. The van der Waals surface area contributed by atoms with E-state index in [2.05, 4.69) is 0 Å². The number of ketones is 1. The van der Waals surface area contributed by atoms with Crippen molar-refractivity contribution >= 4 is 11.8 Å². The van der Waals surface area contributed by atoms with Gasteiger partial charge in [0.1, 0.15) is 5.75 Å². The van der Waals surface area contributed by atoms with E-state index in [4.69, 9.17) is 9.47 Å². The van der Waals surface area contributed by atoms with Gasteiger partial charge in [0, 0.05) is 0 Å². The van der Waals surface area contributed by atoms with Gasteiger partial charge in [-0.1, -0.05) is 33.8 Å². The van der Waals surface area contributed by atoms with Crippen LogP contribution in [0.1, 0.15) is 57.0 Å². The molecule has 1 aromatic carbocycles. The van der Waals surface area contributed by atoms with Crippen LogP contribution in [0, 0.1) is 0 Å². The highest BCUT2D eigenvalue weighted by Gasteiger charge is 2.24. The molecule has 0 amide bonds. The molecule has 116 valence electrons. The van der Waals surface area contributed by atoms with Gasteiger partial charge < -0.3 is 9.47 Å². The third kappa shape index (κ3) is 4.59. The topological polar surface area (TPSA) is 52.6 Å². The number of esters is 1. The number of benzene rings is 1. The molecule has 0 aliphatic carbocycles. The maximum Gasteiger partial charge on any atom is 0.379 e. The second kappa shape index (κ2) is 7.25. The molecular formula is C17H24O4. The summed E-state index contributed by atoms with van der Waals surface area (Å²) in [4.78, 5) is 23.9. The summed E-state index contributed by atoms with van der Waals surface area (Å²) >= 11 is 0. The van der Waals surface area contributed by atoms with Gasteiger partial charge >= 0.3 is 5.97 Å². The Morgan fingerprint density at radius 1 is 1.14 bits per heavy atom. The largest absolute Gasteiger partial charge is 0.493 e.